The zero-order valence-electron chi connectivity index (χ0n) is 27.3. The zero-order chi connectivity index (χ0) is 34.4. The van der Waals surface area contributed by atoms with Crippen LogP contribution in [0.2, 0.25) is 0 Å². The SMILES string of the molecule is CCOc1nc2nc(n1)Nc1ccc(C(=O)N[C@@H](CCC(=O)c3ccccc3)C(=O)O)c(c1)OCCCCCCOc1ccc(cc1)CN2. The number of fused-ring (bicyclic) bond motifs is 10. The number of ketones is 1. The Balaban J connectivity index is 1.36. The maximum Gasteiger partial charge on any atom is 0.326 e. The van der Waals surface area contributed by atoms with Gasteiger partial charge in [-0.25, -0.2) is 4.79 Å². The van der Waals surface area contributed by atoms with Gasteiger partial charge in [-0.3, -0.25) is 9.59 Å². The Hall–Kier alpha value is -5.72. The van der Waals surface area contributed by atoms with Crippen LogP contribution in [0, 0.1) is 0 Å². The third-order valence-corrected chi connectivity index (χ3v) is 7.67. The van der Waals surface area contributed by atoms with Gasteiger partial charge >= 0.3 is 12.0 Å². The van der Waals surface area contributed by atoms with Crippen molar-refractivity contribution in [2.75, 3.05) is 30.5 Å². The molecule has 2 aliphatic rings. The molecule has 1 atom stereocenters. The van der Waals surface area contributed by atoms with E-state index < -0.39 is 17.9 Å². The Bertz CT molecular complexity index is 1720. The molecule has 3 aromatic carbocycles. The molecule has 49 heavy (non-hydrogen) atoms. The highest BCUT2D eigenvalue weighted by Crippen LogP contribution is 2.27. The van der Waals surface area contributed by atoms with Gasteiger partial charge in [0.25, 0.3) is 5.91 Å². The summed E-state index contributed by atoms with van der Waals surface area (Å²) in [5, 5.41) is 18.8. The van der Waals surface area contributed by atoms with Crippen LogP contribution < -0.4 is 30.2 Å². The molecular formula is C36H40N6O7. The summed E-state index contributed by atoms with van der Waals surface area (Å²) >= 11 is 0. The summed E-state index contributed by atoms with van der Waals surface area (Å²) in [6.45, 7) is 3.55. The van der Waals surface area contributed by atoms with Crippen molar-refractivity contribution in [3.05, 3.63) is 89.5 Å². The molecule has 0 fully saturated rings. The second-order valence-corrected chi connectivity index (χ2v) is 11.3. The molecule has 6 bridgehead atoms. The fourth-order valence-corrected chi connectivity index (χ4v) is 5.07. The number of rotatable bonds is 9. The highest BCUT2D eigenvalue weighted by Gasteiger charge is 2.24. The van der Waals surface area contributed by atoms with Gasteiger partial charge in [-0.2, -0.15) is 15.0 Å². The Morgan fingerprint density at radius 2 is 1.63 bits per heavy atom. The Labute approximate surface area is 284 Å². The summed E-state index contributed by atoms with van der Waals surface area (Å²) in [4.78, 5) is 51.4. The molecule has 2 aliphatic heterocycles. The fraction of sp³-hybridized carbons (Fsp3) is 0.333. The number of carbonyl (C=O) groups is 3. The molecule has 0 unspecified atom stereocenters. The minimum atomic E-state index is -1.28. The summed E-state index contributed by atoms with van der Waals surface area (Å²) in [6, 6.07) is 20.1. The first kappa shape index (κ1) is 34.6. The van der Waals surface area contributed by atoms with Crippen LogP contribution in [0.5, 0.6) is 17.5 Å². The number of carbonyl (C=O) groups excluding carboxylic acids is 2. The lowest BCUT2D eigenvalue weighted by atomic mass is 10.0. The van der Waals surface area contributed by atoms with Gasteiger partial charge in [0.05, 0.1) is 25.4 Å². The molecule has 0 saturated heterocycles. The highest BCUT2D eigenvalue weighted by molar-refractivity contribution is 6.00. The van der Waals surface area contributed by atoms with Crippen molar-refractivity contribution >= 4 is 35.2 Å². The van der Waals surface area contributed by atoms with Gasteiger partial charge in [0.15, 0.2) is 5.78 Å². The number of benzene rings is 3. The maximum atomic E-state index is 13.5. The van der Waals surface area contributed by atoms with Crippen LogP contribution in [0.4, 0.5) is 17.6 Å². The van der Waals surface area contributed by atoms with Crippen LogP contribution in [0.1, 0.15) is 71.7 Å². The number of nitrogens with zero attached hydrogens (tertiary/aromatic N) is 3. The standard InChI is InChI=1S/C36H40N6O7/c1-2-47-36-41-34-37-23-24-12-15-27(16-13-24)48-20-8-3-4-9-21-49-31-22-26(38-35(40-34)42-36)14-17-28(31)32(44)39-29(33(45)46)18-19-30(43)25-10-6-5-7-11-25/h5-7,10-17,22,29H,2-4,8-9,18-21,23H2,1H3,(H,39,44)(H,45,46)(H2,37,38,40,41,42)/t29-/m0/s1. The Kier molecular flexibility index (Phi) is 12.3. The van der Waals surface area contributed by atoms with Crippen molar-refractivity contribution in [1.82, 2.24) is 20.3 Å². The molecule has 0 saturated carbocycles. The number of hydrogen-bond donors (Lipinski definition) is 4. The highest BCUT2D eigenvalue weighted by atomic mass is 16.5. The van der Waals surface area contributed by atoms with Gasteiger partial charge in [0.2, 0.25) is 11.9 Å². The number of nitrogens with one attached hydrogen (secondary N) is 3. The van der Waals surface area contributed by atoms with Gasteiger partial charge in [-0.1, -0.05) is 42.5 Å². The largest absolute Gasteiger partial charge is 0.494 e. The zero-order valence-corrected chi connectivity index (χ0v) is 27.3. The van der Waals surface area contributed by atoms with Gasteiger partial charge in [0, 0.05) is 30.3 Å². The van der Waals surface area contributed by atoms with E-state index in [1.807, 2.05) is 31.2 Å². The van der Waals surface area contributed by atoms with E-state index in [1.165, 1.54) is 0 Å². The Morgan fingerprint density at radius 3 is 2.37 bits per heavy atom. The first-order valence-corrected chi connectivity index (χ1v) is 16.4. The molecule has 13 nitrogen and oxygen atoms in total. The van der Waals surface area contributed by atoms with E-state index in [-0.39, 0.29) is 41.9 Å². The van der Waals surface area contributed by atoms with Gasteiger partial charge in [-0.15, -0.1) is 0 Å². The fourth-order valence-electron chi connectivity index (χ4n) is 5.07. The molecule has 256 valence electrons. The summed E-state index contributed by atoms with van der Waals surface area (Å²) in [5.41, 5.74) is 2.16. The summed E-state index contributed by atoms with van der Waals surface area (Å²) in [5.74, 6) is -0.544. The Morgan fingerprint density at radius 1 is 0.898 bits per heavy atom. The number of Topliss-reactive ketones (excluding diaryl/α,β-unsaturated/α-hetero) is 1. The second-order valence-electron chi connectivity index (χ2n) is 11.3. The van der Waals surface area contributed by atoms with E-state index >= 15 is 0 Å². The number of aromatic nitrogens is 3. The van der Waals surface area contributed by atoms with Crippen LogP contribution in [-0.2, 0) is 11.3 Å². The van der Waals surface area contributed by atoms with E-state index in [1.54, 1.807) is 48.5 Å². The normalized spacial score (nSPS) is 14.0. The number of carboxylic acids is 1. The molecule has 0 spiro atoms. The summed E-state index contributed by atoms with van der Waals surface area (Å²) in [6.07, 6.45) is 3.31. The molecule has 1 amide bonds. The number of amides is 1. The van der Waals surface area contributed by atoms with Crippen molar-refractivity contribution in [3.63, 3.8) is 0 Å². The van der Waals surface area contributed by atoms with Crippen LogP contribution in [0.15, 0.2) is 72.8 Å². The van der Waals surface area contributed by atoms with E-state index in [0.29, 0.717) is 43.6 Å². The number of aliphatic carboxylic acids is 1. The van der Waals surface area contributed by atoms with Crippen molar-refractivity contribution < 1.29 is 33.7 Å². The third kappa shape index (κ3) is 10.4. The predicted molar refractivity (Wildman–Crippen MR) is 183 cm³/mol. The van der Waals surface area contributed by atoms with E-state index in [4.69, 9.17) is 14.2 Å². The van der Waals surface area contributed by atoms with Gasteiger partial charge in [-0.05, 0) is 68.9 Å². The quantitative estimate of drug-likeness (QED) is 0.158. The van der Waals surface area contributed by atoms with Crippen LogP contribution in [0.25, 0.3) is 0 Å². The van der Waals surface area contributed by atoms with E-state index in [2.05, 4.69) is 30.9 Å². The maximum absolute atomic E-state index is 13.5. The molecule has 3 heterocycles. The summed E-state index contributed by atoms with van der Waals surface area (Å²) < 4.78 is 17.6. The van der Waals surface area contributed by atoms with E-state index in [0.717, 1.165) is 37.0 Å². The topological polar surface area (TPSA) is 174 Å². The lowest BCUT2D eigenvalue weighted by Crippen LogP contribution is -2.41. The monoisotopic (exact) mass is 668 g/mol. The minimum absolute atomic E-state index is 0.0449. The molecule has 1 aromatic heterocycles. The van der Waals surface area contributed by atoms with Crippen LogP contribution in [0.3, 0.4) is 0 Å². The van der Waals surface area contributed by atoms with Crippen molar-refractivity contribution in [1.29, 1.82) is 0 Å². The average molecular weight is 669 g/mol. The van der Waals surface area contributed by atoms with Crippen LogP contribution >= 0.6 is 0 Å². The van der Waals surface area contributed by atoms with Crippen molar-refractivity contribution in [2.45, 2.75) is 58.0 Å². The number of ether oxygens (including phenoxy) is 3. The third-order valence-electron chi connectivity index (χ3n) is 7.67. The smallest absolute Gasteiger partial charge is 0.326 e. The molecule has 6 rings (SSSR count). The van der Waals surface area contributed by atoms with E-state index in [9.17, 15) is 19.5 Å². The average Bonchev–Trinajstić information content (AvgIpc) is 3.10. The number of hydrogen-bond acceptors (Lipinski definition) is 11. The molecule has 0 aliphatic carbocycles. The van der Waals surface area contributed by atoms with Gasteiger partial charge in [0.1, 0.15) is 17.5 Å². The predicted octanol–water partition coefficient (Wildman–Crippen LogP) is 5.80. The molecule has 4 aromatic rings. The molecule has 4 N–H and O–H groups in total. The minimum Gasteiger partial charge on any atom is -0.494 e. The number of anilines is 3. The second kappa shape index (κ2) is 17.4. The lowest BCUT2D eigenvalue weighted by molar-refractivity contribution is -0.139. The first-order chi connectivity index (χ1) is 23.9. The van der Waals surface area contributed by atoms with Crippen molar-refractivity contribution in [3.8, 4) is 17.5 Å². The first-order valence-electron chi connectivity index (χ1n) is 16.4. The lowest BCUT2D eigenvalue weighted by Gasteiger charge is -2.17. The van der Waals surface area contributed by atoms with Crippen LogP contribution in [-0.4, -0.2) is 63.6 Å². The van der Waals surface area contributed by atoms with Gasteiger partial charge < -0.3 is 35.3 Å². The molecule has 0 radical (unpaired) electrons. The molecular weight excluding hydrogens is 628 g/mol. The summed E-state index contributed by atoms with van der Waals surface area (Å²) in [7, 11) is 0. The van der Waals surface area contributed by atoms with Crippen molar-refractivity contribution in [2.24, 2.45) is 0 Å². The number of carboxylic acid groups (broad SMARTS) is 1. The molecule has 13 heteroatoms.